The maximum Gasteiger partial charge on any atom is 0.287 e. The number of nitrogens with zero attached hydrogens (tertiary/aromatic N) is 1. The molecule has 1 aromatic heterocycles. The van der Waals surface area contributed by atoms with E-state index in [1.54, 1.807) is 12.1 Å². The van der Waals surface area contributed by atoms with E-state index >= 15 is 0 Å². The molecule has 3 rings (SSSR count). The summed E-state index contributed by atoms with van der Waals surface area (Å²) in [5, 5.41) is 5.59. The molecule has 2 amide bonds. The number of hydrogen-bond donors (Lipinski definition) is 2. The fourth-order valence-electron chi connectivity index (χ4n) is 3.21. The highest BCUT2D eigenvalue weighted by Crippen LogP contribution is 2.19. The number of aromatic nitrogens is 1. The van der Waals surface area contributed by atoms with E-state index in [4.69, 9.17) is 0 Å². The van der Waals surface area contributed by atoms with Gasteiger partial charge in [-0.1, -0.05) is 25.1 Å². The van der Waals surface area contributed by atoms with Gasteiger partial charge in [-0.25, -0.2) is 4.98 Å². The summed E-state index contributed by atoms with van der Waals surface area (Å²) in [4.78, 5) is 30.1. The van der Waals surface area contributed by atoms with Gasteiger partial charge in [-0.3, -0.25) is 14.5 Å². The standard InChI is InChI=1S/C20H24N4O2/c1-2-15-8-3-4-10-17(15)23-18(25)14-22-20(26)16-9-7-11-21-19(16)24-12-5-6-13-24/h3-4,7-11H,2,5-6,12-14H2,1H3,(H,22,26)(H,23,25)/p+1. The van der Waals surface area contributed by atoms with Crippen LogP contribution in [0.1, 0.15) is 35.7 Å². The highest BCUT2D eigenvalue weighted by atomic mass is 16.2. The van der Waals surface area contributed by atoms with E-state index in [-0.39, 0.29) is 18.4 Å². The van der Waals surface area contributed by atoms with Crippen molar-refractivity contribution in [1.82, 2.24) is 5.32 Å². The number of amides is 2. The number of H-pyrrole nitrogens is 1. The molecule has 0 bridgehead atoms. The predicted molar refractivity (Wildman–Crippen MR) is 101 cm³/mol. The molecule has 1 fully saturated rings. The van der Waals surface area contributed by atoms with E-state index in [1.807, 2.05) is 37.4 Å². The maximum absolute atomic E-state index is 12.6. The first kappa shape index (κ1) is 17.9. The lowest BCUT2D eigenvalue weighted by molar-refractivity contribution is -0.364. The minimum atomic E-state index is -0.248. The van der Waals surface area contributed by atoms with Crippen LogP contribution in [0.15, 0.2) is 42.6 Å². The van der Waals surface area contributed by atoms with Crippen molar-refractivity contribution in [3.8, 4) is 0 Å². The first-order valence-corrected chi connectivity index (χ1v) is 9.10. The second-order valence-electron chi connectivity index (χ2n) is 6.37. The Bertz CT molecular complexity index is 785. The molecule has 6 heteroatoms. The van der Waals surface area contributed by atoms with E-state index in [9.17, 15) is 9.59 Å². The number of anilines is 2. The number of para-hydroxylation sites is 1. The second kappa shape index (κ2) is 8.47. The number of aromatic amines is 1. The Kier molecular flexibility index (Phi) is 5.84. The summed E-state index contributed by atoms with van der Waals surface area (Å²) in [6.07, 6.45) is 4.91. The van der Waals surface area contributed by atoms with Crippen LogP contribution in [0.5, 0.6) is 0 Å². The van der Waals surface area contributed by atoms with Crippen LogP contribution < -0.4 is 20.5 Å². The van der Waals surface area contributed by atoms with Crippen LogP contribution in [-0.4, -0.2) is 31.4 Å². The monoisotopic (exact) mass is 353 g/mol. The van der Waals surface area contributed by atoms with Gasteiger partial charge in [0.1, 0.15) is 5.56 Å². The molecule has 136 valence electrons. The first-order chi connectivity index (χ1) is 12.7. The molecule has 0 atom stereocenters. The minimum absolute atomic E-state index is 0.0643. The van der Waals surface area contributed by atoms with E-state index in [0.29, 0.717) is 5.56 Å². The Hall–Kier alpha value is -2.89. The topological polar surface area (TPSA) is 75.6 Å². The summed E-state index contributed by atoms with van der Waals surface area (Å²) in [5.74, 6) is 0.337. The number of rotatable bonds is 6. The van der Waals surface area contributed by atoms with E-state index < -0.39 is 0 Å². The molecule has 2 heterocycles. The molecule has 0 spiro atoms. The van der Waals surface area contributed by atoms with Crippen molar-refractivity contribution in [2.75, 3.05) is 29.9 Å². The summed E-state index contributed by atoms with van der Waals surface area (Å²) < 4.78 is 0. The van der Waals surface area contributed by atoms with Gasteiger partial charge in [0.15, 0.2) is 0 Å². The van der Waals surface area contributed by atoms with Crippen LogP contribution in [0.3, 0.4) is 0 Å². The van der Waals surface area contributed by atoms with Crippen molar-refractivity contribution in [1.29, 1.82) is 0 Å². The molecule has 1 aromatic carbocycles. The highest BCUT2D eigenvalue weighted by molar-refractivity contribution is 6.01. The molecular formula is C20H25N4O2+. The molecule has 1 saturated heterocycles. The maximum atomic E-state index is 12.6. The van der Waals surface area contributed by atoms with Crippen LogP contribution in [0.2, 0.25) is 0 Å². The fourth-order valence-corrected chi connectivity index (χ4v) is 3.21. The lowest BCUT2D eigenvalue weighted by Gasteiger charge is -2.13. The van der Waals surface area contributed by atoms with Gasteiger partial charge in [-0.05, 0) is 43.0 Å². The van der Waals surface area contributed by atoms with Crippen LogP contribution in [0, 0.1) is 0 Å². The number of hydrogen-bond acceptors (Lipinski definition) is 3. The zero-order valence-corrected chi connectivity index (χ0v) is 15.0. The van der Waals surface area contributed by atoms with Gasteiger partial charge in [0.05, 0.1) is 25.8 Å². The number of nitrogens with one attached hydrogen (secondary N) is 3. The van der Waals surface area contributed by atoms with Gasteiger partial charge in [0.2, 0.25) is 5.91 Å². The number of pyridine rings is 1. The summed E-state index contributed by atoms with van der Waals surface area (Å²) in [6.45, 7) is 3.86. The Morgan fingerprint density at radius 1 is 1.12 bits per heavy atom. The Morgan fingerprint density at radius 3 is 2.65 bits per heavy atom. The van der Waals surface area contributed by atoms with Gasteiger partial charge in [0.25, 0.3) is 11.7 Å². The van der Waals surface area contributed by atoms with Crippen LogP contribution in [0.4, 0.5) is 11.5 Å². The normalized spacial score (nSPS) is 13.5. The molecular weight excluding hydrogens is 328 g/mol. The lowest BCUT2D eigenvalue weighted by Crippen LogP contribution is -2.36. The van der Waals surface area contributed by atoms with Gasteiger partial charge >= 0.3 is 0 Å². The third kappa shape index (κ3) is 4.20. The summed E-state index contributed by atoms with van der Waals surface area (Å²) >= 11 is 0. The van der Waals surface area contributed by atoms with Crippen molar-refractivity contribution in [3.05, 3.63) is 53.7 Å². The highest BCUT2D eigenvalue weighted by Gasteiger charge is 2.26. The van der Waals surface area contributed by atoms with E-state index in [0.717, 1.165) is 49.4 Å². The van der Waals surface area contributed by atoms with Crippen molar-refractivity contribution in [2.24, 2.45) is 0 Å². The van der Waals surface area contributed by atoms with Crippen molar-refractivity contribution >= 4 is 23.3 Å². The molecule has 26 heavy (non-hydrogen) atoms. The molecule has 0 aliphatic carbocycles. The molecule has 1 aliphatic rings. The average Bonchev–Trinajstić information content (AvgIpc) is 3.21. The average molecular weight is 353 g/mol. The number of benzene rings is 1. The first-order valence-electron chi connectivity index (χ1n) is 9.10. The van der Waals surface area contributed by atoms with Gasteiger partial charge < -0.3 is 10.6 Å². The molecule has 6 nitrogen and oxygen atoms in total. The Balaban J connectivity index is 1.61. The number of carbonyl (C=O) groups excluding carboxylic acids is 2. The smallest absolute Gasteiger partial charge is 0.287 e. The molecule has 0 radical (unpaired) electrons. The Labute approximate surface area is 153 Å². The van der Waals surface area contributed by atoms with Crippen LogP contribution in [0.25, 0.3) is 0 Å². The van der Waals surface area contributed by atoms with Gasteiger partial charge in [-0.2, -0.15) is 0 Å². The third-order valence-electron chi connectivity index (χ3n) is 4.58. The second-order valence-corrected chi connectivity index (χ2v) is 6.37. The van der Waals surface area contributed by atoms with E-state index in [1.165, 1.54) is 0 Å². The Morgan fingerprint density at radius 2 is 1.88 bits per heavy atom. The molecule has 3 N–H and O–H groups in total. The zero-order valence-electron chi connectivity index (χ0n) is 15.0. The van der Waals surface area contributed by atoms with Gasteiger partial charge in [0, 0.05) is 5.69 Å². The summed E-state index contributed by atoms with van der Waals surface area (Å²) in [5.41, 5.74) is 2.43. The van der Waals surface area contributed by atoms with Gasteiger partial charge in [-0.15, -0.1) is 0 Å². The molecule has 1 aliphatic heterocycles. The summed E-state index contributed by atoms with van der Waals surface area (Å²) in [7, 11) is 0. The van der Waals surface area contributed by atoms with Crippen molar-refractivity contribution < 1.29 is 14.6 Å². The van der Waals surface area contributed by atoms with Crippen LogP contribution in [-0.2, 0) is 11.2 Å². The van der Waals surface area contributed by atoms with Crippen molar-refractivity contribution in [2.45, 2.75) is 26.2 Å². The number of aryl methyl sites for hydroxylation is 1. The summed E-state index contributed by atoms with van der Waals surface area (Å²) in [6, 6.07) is 11.3. The molecule has 2 aromatic rings. The largest absolute Gasteiger partial charge is 0.343 e. The van der Waals surface area contributed by atoms with Crippen molar-refractivity contribution in [3.63, 3.8) is 0 Å². The number of carbonyl (C=O) groups is 2. The van der Waals surface area contributed by atoms with E-state index in [2.05, 4.69) is 20.5 Å². The predicted octanol–water partition coefficient (Wildman–Crippen LogP) is 2.03. The minimum Gasteiger partial charge on any atom is -0.343 e. The molecule has 0 saturated carbocycles. The molecule has 0 unspecified atom stereocenters. The quantitative estimate of drug-likeness (QED) is 0.834. The zero-order chi connectivity index (χ0) is 18.4. The van der Waals surface area contributed by atoms with Crippen LogP contribution >= 0.6 is 0 Å². The fraction of sp³-hybridized carbons (Fsp3) is 0.350. The lowest BCUT2D eigenvalue weighted by atomic mass is 10.1. The SMILES string of the molecule is CCc1ccccc1NC(=O)CNC(=O)c1ccc[nH+]c1N1CCCC1. The third-order valence-corrected chi connectivity index (χ3v) is 4.58.